The van der Waals surface area contributed by atoms with Gasteiger partial charge in [-0.2, -0.15) is 0 Å². The molecule has 0 amide bonds. The Bertz CT molecular complexity index is 843. The lowest BCUT2D eigenvalue weighted by Gasteiger charge is -2.54. The fourth-order valence-electron chi connectivity index (χ4n) is 4.52. The molecule has 4 aliphatic heterocycles. The average molecular weight is 358 g/mol. The molecule has 1 unspecified atom stereocenters. The molecule has 6 heterocycles. The lowest BCUT2D eigenvalue weighted by molar-refractivity contribution is -0.0199. The Balaban J connectivity index is 1.38. The van der Waals surface area contributed by atoms with Gasteiger partial charge in [0.15, 0.2) is 5.13 Å². The van der Waals surface area contributed by atoms with E-state index in [0.717, 1.165) is 40.4 Å². The van der Waals surface area contributed by atoms with Crippen molar-refractivity contribution in [3.05, 3.63) is 12.1 Å². The summed E-state index contributed by atoms with van der Waals surface area (Å²) in [6, 6.07) is 3.78. The van der Waals surface area contributed by atoms with E-state index >= 15 is 0 Å². The smallest absolute Gasteiger partial charge is 0.214 e. The number of likely N-dealkylation sites (N-methyl/N-ethyl adjacent to an activating group) is 1. The highest BCUT2D eigenvalue weighted by Gasteiger charge is 2.52. The standard InChI is InChI=1S/C17H22N6OS/c1-22-15(18-9-17(22)10-23-7-5-11(17)6-8-23)21-16-19-12-3-4-13(24-2)20-14(12)25-16/h3-4,11H,5-10H2,1-2H3,(H,18,19,21). The van der Waals surface area contributed by atoms with Gasteiger partial charge in [-0.05, 0) is 37.9 Å². The molecule has 1 spiro atoms. The first-order chi connectivity index (χ1) is 12.2. The van der Waals surface area contributed by atoms with Crippen molar-refractivity contribution in [3.63, 3.8) is 0 Å². The van der Waals surface area contributed by atoms with Gasteiger partial charge in [0.05, 0.1) is 19.2 Å². The first-order valence-corrected chi connectivity index (χ1v) is 9.59. The molecule has 4 aliphatic rings. The fraction of sp³-hybridized carbons (Fsp3) is 0.588. The molecule has 2 aromatic heterocycles. The van der Waals surface area contributed by atoms with Crippen LogP contribution in [0.1, 0.15) is 12.8 Å². The lowest BCUT2D eigenvalue weighted by Crippen LogP contribution is -2.66. The number of hydrogen-bond acceptors (Lipinski definition) is 8. The predicted octanol–water partition coefficient (Wildman–Crippen LogP) is 1.88. The maximum Gasteiger partial charge on any atom is 0.214 e. The number of nitrogens with zero attached hydrogens (tertiary/aromatic N) is 5. The Hall–Kier alpha value is -1.93. The summed E-state index contributed by atoms with van der Waals surface area (Å²) in [5, 5.41) is 4.27. The average Bonchev–Trinajstić information content (AvgIpc) is 3.18. The van der Waals surface area contributed by atoms with E-state index in [-0.39, 0.29) is 5.54 Å². The highest BCUT2D eigenvalue weighted by Crippen LogP contribution is 2.42. The second kappa shape index (κ2) is 5.54. The Morgan fingerprint density at radius 1 is 1.28 bits per heavy atom. The summed E-state index contributed by atoms with van der Waals surface area (Å²) >= 11 is 1.53. The molecule has 0 aromatic carbocycles. The summed E-state index contributed by atoms with van der Waals surface area (Å²) in [4.78, 5) is 19.8. The van der Waals surface area contributed by atoms with Crippen LogP contribution in [0.4, 0.5) is 5.13 Å². The molecule has 0 saturated carbocycles. The van der Waals surface area contributed by atoms with Crippen LogP contribution in [-0.4, -0.2) is 71.6 Å². The summed E-state index contributed by atoms with van der Waals surface area (Å²) in [7, 11) is 3.80. The molecule has 1 N–H and O–H groups in total. The van der Waals surface area contributed by atoms with E-state index in [4.69, 9.17) is 9.73 Å². The second-order valence-corrected chi connectivity index (χ2v) is 8.15. The van der Waals surface area contributed by atoms with Crippen molar-refractivity contribution in [2.24, 2.45) is 10.9 Å². The summed E-state index contributed by atoms with van der Waals surface area (Å²) in [5.74, 6) is 2.29. The highest BCUT2D eigenvalue weighted by molar-refractivity contribution is 7.21. The molecule has 2 aromatic rings. The number of anilines is 1. The van der Waals surface area contributed by atoms with Crippen LogP contribution in [0.5, 0.6) is 5.88 Å². The SMILES string of the molecule is COc1ccc2nc(NC3=NCC4(CN5CCC4CC5)N3C)sc2n1. The molecule has 7 nitrogen and oxygen atoms in total. The Morgan fingerprint density at radius 3 is 2.84 bits per heavy atom. The highest BCUT2D eigenvalue weighted by atomic mass is 32.1. The quantitative estimate of drug-likeness (QED) is 0.884. The van der Waals surface area contributed by atoms with E-state index < -0.39 is 0 Å². The number of aliphatic imine (C=N–C) groups is 1. The van der Waals surface area contributed by atoms with Gasteiger partial charge in [-0.25, -0.2) is 9.97 Å². The minimum Gasteiger partial charge on any atom is -0.481 e. The minimum absolute atomic E-state index is 0.164. The Kier molecular flexibility index (Phi) is 3.40. The van der Waals surface area contributed by atoms with Crippen molar-refractivity contribution in [2.75, 3.05) is 45.7 Å². The molecule has 1 atom stereocenters. The second-order valence-electron chi connectivity index (χ2n) is 7.17. The molecule has 6 rings (SSSR count). The van der Waals surface area contributed by atoms with E-state index in [2.05, 4.69) is 32.1 Å². The van der Waals surface area contributed by atoms with Crippen LogP contribution in [0.15, 0.2) is 17.1 Å². The monoisotopic (exact) mass is 358 g/mol. The van der Waals surface area contributed by atoms with Crippen molar-refractivity contribution < 1.29 is 4.74 Å². The number of hydrogen-bond donors (Lipinski definition) is 1. The largest absolute Gasteiger partial charge is 0.481 e. The van der Waals surface area contributed by atoms with Crippen LogP contribution in [-0.2, 0) is 0 Å². The topological polar surface area (TPSA) is 65.9 Å². The van der Waals surface area contributed by atoms with Crippen LogP contribution < -0.4 is 10.1 Å². The molecule has 132 valence electrons. The maximum absolute atomic E-state index is 5.20. The third kappa shape index (κ3) is 2.31. The van der Waals surface area contributed by atoms with Crippen molar-refractivity contribution in [1.82, 2.24) is 19.8 Å². The number of pyridine rings is 1. The molecule has 0 radical (unpaired) electrons. The van der Waals surface area contributed by atoms with E-state index in [1.165, 1.54) is 37.3 Å². The lowest BCUT2D eigenvalue weighted by atomic mass is 9.72. The van der Waals surface area contributed by atoms with Gasteiger partial charge in [-0.15, -0.1) is 0 Å². The molecular formula is C17H22N6OS. The van der Waals surface area contributed by atoms with Crippen LogP contribution in [0, 0.1) is 5.92 Å². The van der Waals surface area contributed by atoms with Crippen molar-refractivity contribution in [3.8, 4) is 5.88 Å². The molecule has 0 aliphatic carbocycles. The minimum atomic E-state index is 0.164. The van der Waals surface area contributed by atoms with E-state index in [9.17, 15) is 0 Å². The Morgan fingerprint density at radius 2 is 2.12 bits per heavy atom. The zero-order chi connectivity index (χ0) is 17.0. The number of nitrogens with one attached hydrogen (secondary N) is 1. The van der Waals surface area contributed by atoms with Gasteiger partial charge in [0.1, 0.15) is 10.3 Å². The van der Waals surface area contributed by atoms with Crippen LogP contribution in [0.25, 0.3) is 10.3 Å². The van der Waals surface area contributed by atoms with Gasteiger partial charge in [0, 0.05) is 19.7 Å². The van der Waals surface area contributed by atoms with Crippen molar-refractivity contribution >= 4 is 32.8 Å². The Labute approximate surface area is 150 Å². The fourth-order valence-corrected chi connectivity index (χ4v) is 5.35. The third-order valence-electron chi connectivity index (χ3n) is 5.99. The zero-order valence-corrected chi connectivity index (χ0v) is 15.3. The van der Waals surface area contributed by atoms with Crippen LogP contribution >= 0.6 is 11.3 Å². The van der Waals surface area contributed by atoms with Crippen LogP contribution in [0.3, 0.4) is 0 Å². The number of ether oxygens (including phenoxy) is 1. The number of rotatable bonds is 2. The van der Waals surface area contributed by atoms with Gasteiger partial charge < -0.3 is 19.9 Å². The third-order valence-corrected chi connectivity index (χ3v) is 6.87. The van der Waals surface area contributed by atoms with Gasteiger partial charge >= 0.3 is 0 Å². The summed E-state index contributed by atoms with van der Waals surface area (Å²) in [6.45, 7) is 4.49. The summed E-state index contributed by atoms with van der Waals surface area (Å²) < 4.78 is 5.20. The number of thiazole rings is 1. The molecule has 3 saturated heterocycles. The first-order valence-electron chi connectivity index (χ1n) is 8.77. The first kappa shape index (κ1) is 15.3. The van der Waals surface area contributed by atoms with Crippen molar-refractivity contribution in [1.29, 1.82) is 0 Å². The predicted molar refractivity (Wildman–Crippen MR) is 99.5 cm³/mol. The number of fused-ring (bicyclic) bond motifs is 3. The van der Waals surface area contributed by atoms with E-state index in [1.54, 1.807) is 7.11 Å². The number of aromatic nitrogens is 2. The normalized spacial score (nSPS) is 31.0. The van der Waals surface area contributed by atoms with Gasteiger partial charge in [-0.3, -0.25) is 4.99 Å². The number of piperidine rings is 3. The zero-order valence-electron chi connectivity index (χ0n) is 14.5. The van der Waals surface area contributed by atoms with Gasteiger partial charge in [-0.1, -0.05) is 11.3 Å². The van der Waals surface area contributed by atoms with E-state index in [0.29, 0.717) is 5.88 Å². The molecule has 8 heteroatoms. The van der Waals surface area contributed by atoms with Gasteiger partial charge in [0.2, 0.25) is 11.8 Å². The summed E-state index contributed by atoms with van der Waals surface area (Å²) in [5.41, 5.74) is 1.05. The number of methoxy groups -OCH3 is 1. The molecule has 3 fully saturated rings. The molecular weight excluding hydrogens is 336 g/mol. The molecule has 25 heavy (non-hydrogen) atoms. The van der Waals surface area contributed by atoms with Crippen molar-refractivity contribution in [2.45, 2.75) is 18.4 Å². The summed E-state index contributed by atoms with van der Waals surface area (Å²) in [6.07, 6.45) is 2.58. The maximum atomic E-state index is 5.20. The van der Waals surface area contributed by atoms with Gasteiger partial charge in [0.25, 0.3) is 0 Å². The molecule has 2 bridgehead atoms. The number of guanidine groups is 1. The van der Waals surface area contributed by atoms with Crippen LogP contribution in [0.2, 0.25) is 0 Å². The van der Waals surface area contributed by atoms with E-state index in [1.807, 2.05) is 12.1 Å².